The maximum absolute atomic E-state index is 11.7. The van der Waals surface area contributed by atoms with Crippen molar-refractivity contribution < 1.29 is 9.53 Å². The van der Waals surface area contributed by atoms with Crippen LogP contribution in [-0.4, -0.2) is 26.2 Å². The van der Waals surface area contributed by atoms with Crippen molar-refractivity contribution in [3.05, 3.63) is 31.2 Å². The van der Waals surface area contributed by atoms with Gasteiger partial charge < -0.3 is 10.1 Å². The minimum atomic E-state index is -0.475. The van der Waals surface area contributed by atoms with E-state index in [0.717, 1.165) is 9.35 Å². The van der Waals surface area contributed by atoms with Crippen molar-refractivity contribution in [3.8, 4) is 0 Å². The number of hydrogen-bond acceptors (Lipinski definition) is 5. The van der Waals surface area contributed by atoms with Gasteiger partial charge in [0.15, 0.2) is 0 Å². The molecule has 1 N–H and O–H groups in total. The molecule has 0 amide bonds. The molecule has 0 aliphatic heterocycles. The SMILES string of the molecule is COC(=O)C(NCCCN=[N+]=[N-])c1cc(Br)cs1. The molecule has 98 valence electrons. The van der Waals surface area contributed by atoms with Crippen LogP contribution in [0.15, 0.2) is 21.0 Å². The molecule has 18 heavy (non-hydrogen) atoms. The fourth-order valence-electron chi connectivity index (χ4n) is 1.34. The molecule has 0 aromatic carbocycles. The number of carbonyl (C=O) groups is 1. The van der Waals surface area contributed by atoms with Crippen molar-refractivity contribution >= 4 is 33.2 Å². The minimum absolute atomic E-state index is 0.326. The van der Waals surface area contributed by atoms with Gasteiger partial charge >= 0.3 is 5.97 Å². The van der Waals surface area contributed by atoms with E-state index in [4.69, 9.17) is 10.3 Å². The Morgan fingerprint density at radius 1 is 1.78 bits per heavy atom. The van der Waals surface area contributed by atoms with E-state index < -0.39 is 6.04 Å². The van der Waals surface area contributed by atoms with Gasteiger partial charge in [0.1, 0.15) is 6.04 Å². The number of carbonyl (C=O) groups excluding carboxylic acids is 1. The Bertz CT molecular complexity index is 445. The molecular weight excluding hydrogens is 320 g/mol. The first-order valence-corrected chi connectivity index (χ1v) is 6.92. The Labute approximate surface area is 117 Å². The van der Waals surface area contributed by atoms with E-state index in [-0.39, 0.29) is 5.97 Å². The molecule has 8 heteroatoms. The highest BCUT2D eigenvalue weighted by molar-refractivity contribution is 9.10. The topological polar surface area (TPSA) is 87.1 Å². The van der Waals surface area contributed by atoms with Crippen LogP contribution in [-0.2, 0) is 9.53 Å². The second-order valence-electron chi connectivity index (χ2n) is 3.39. The third kappa shape index (κ3) is 4.66. The van der Waals surface area contributed by atoms with Gasteiger partial charge in [-0.1, -0.05) is 5.11 Å². The molecule has 6 nitrogen and oxygen atoms in total. The van der Waals surface area contributed by atoms with Gasteiger partial charge in [0.25, 0.3) is 0 Å². The highest BCUT2D eigenvalue weighted by Gasteiger charge is 2.22. The quantitative estimate of drug-likeness (QED) is 0.273. The lowest BCUT2D eigenvalue weighted by molar-refractivity contribution is -0.143. The molecule has 1 atom stereocenters. The molecular formula is C10H13BrN4O2S. The highest BCUT2D eigenvalue weighted by atomic mass is 79.9. The zero-order chi connectivity index (χ0) is 13.4. The summed E-state index contributed by atoms with van der Waals surface area (Å²) in [4.78, 5) is 15.2. The molecule has 1 heterocycles. The molecule has 1 rings (SSSR count). The molecule has 0 radical (unpaired) electrons. The van der Waals surface area contributed by atoms with Gasteiger partial charge in [-0.3, -0.25) is 0 Å². The molecule has 0 fully saturated rings. The first-order chi connectivity index (χ1) is 8.69. The number of nitrogens with zero attached hydrogens (tertiary/aromatic N) is 3. The van der Waals surface area contributed by atoms with E-state index in [9.17, 15) is 4.79 Å². The van der Waals surface area contributed by atoms with Gasteiger partial charge in [0.2, 0.25) is 0 Å². The standard InChI is InChI=1S/C10H13BrN4O2S/c1-17-10(16)9(8-5-7(11)6-18-8)13-3-2-4-14-15-12/h5-6,9,13H,2-4H2,1H3. The Hall–Kier alpha value is -1.08. The molecule has 0 saturated heterocycles. The maximum Gasteiger partial charge on any atom is 0.328 e. The van der Waals surface area contributed by atoms with Gasteiger partial charge in [0, 0.05) is 26.2 Å². The van der Waals surface area contributed by atoms with Crippen molar-refractivity contribution in [2.24, 2.45) is 5.11 Å². The molecule has 0 aliphatic rings. The number of nitrogens with one attached hydrogen (secondary N) is 1. The van der Waals surface area contributed by atoms with Gasteiger partial charge in [-0.2, -0.15) is 0 Å². The second-order valence-corrected chi connectivity index (χ2v) is 5.24. The van der Waals surface area contributed by atoms with Gasteiger partial charge in [0.05, 0.1) is 7.11 Å². The second kappa shape index (κ2) is 8.10. The van der Waals surface area contributed by atoms with E-state index in [2.05, 4.69) is 31.3 Å². The first-order valence-electron chi connectivity index (χ1n) is 5.25. The number of esters is 1. The molecule has 0 bridgehead atoms. The van der Waals surface area contributed by atoms with E-state index in [1.165, 1.54) is 18.4 Å². The van der Waals surface area contributed by atoms with Crippen molar-refractivity contribution in [1.82, 2.24) is 5.32 Å². The monoisotopic (exact) mass is 332 g/mol. The predicted molar refractivity (Wildman–Crippen MR) is 73.4 cm³/mol. The average molecular weight is 333 g/mol. The summed E-state index contributed by atoms with van der Waals surface area (Å²) >= 11 is 4.83. The summed E-state index contributed by atoms with van der Waals surface area (Å²) in [6, 6.07) is 1.41. The average Bonchev–Trinajstić information content (AvgIpc) is 2.79. The molecule has 1 unspecified atom stereocenters. The zero-order valence-electron chi connectivity index (χ0n) is 9.80. The first kappa shape index (κ1) is 15.0. The van der Waals surface area contributed by atoms with Crippen LogP contribution < -0.4 is 5.32 Å². The lowest BCUT2D eigenvalue weighted by atomic mass is 10.2. The van der Waals surface area contributed by atoms with Crippen molar-refractivity contribution in [2.45, 2.75) is 12.5 Å². The summed E-state index contributed by atoms with van der Waals surface area (Å²) in [6.45, 7) is 0.986. The lowest BCUT2D eigenvalue weighted by Gasteiger charge is -2.14. The van der Waals surface area contributed by atoms with Crippen LogP contribution in [0.1, 0.15) is 17.3 Å². The van der Waals surface area contributed by atoms with E-state index in [0.29, 0.717) is 19.5 Å². The van der Waals surface area contributed by atoms with Crippen LogP contribution >= 0.6 is 27.3 Å². The fraction of sp³-hybridized carbons (Fsp3) is 0.500. The third-order valence-electron chi connectivity index (χ3n) is 2.16. The van der Waals surface area contributed by atoms with Crippen LogP contribution in [0.3, 0.4) is 0 Å². The summed E-state index contributed by atoms with van der Waals surface area (Å²) in [5, 5.41) is 8.43. The number of methoxy groups -OCH3 is 1. The van der Waals surface area contributed by atoms with Gasteiger partial charge in [-0.25, -0.2) is 4.79 Å². The number of rotatable bonds is 7. The number of halogens is 1. The lowest BCUT2D eigenvalue weighted by Crippen LogP contribution is -2.30. The predicted octanol–water partition coefficient (Wildman–Crippen LogP) is 3.01. The van der Waals surface area contributed by atoms with Crippen molar-refractivity contribution in [1.29, 1.82) is 0 Å². The maximum atomic E-state index is 11.7. The van der Waals surface area contributed by atoms with Crippen LogP contribution in [0, 0.1) is 0 Å². The van der Waals surface area contributed by atoms with Crippen LogP contribution in [0.2, 0.25) is 0 Å². The Kier molecular flexibility index (Phi) is 6.74. The van der Waals surface area contributed by atoms with E-state index in [1.54, 1.807) is 0 Å². The summed E-state index contributed by atoms with van der Waals surface area (Å²) in [5.41, 5.74) is 8.14. The highest BCUT2D eigenvalue weighted by Crippen LogP contribution is 2.26. The molecule has 0 saturated carbocycles. The van der Waals surface area contributed by atoms with E-state index in [1.807, 2.05) is 11.4 Å². The normalized spacial score (nSPS) is 11.7. The number of azide groups is 1. The fourth-order valence-corrected chi connectivity index (χ4v) is 2.84. The van der Waals surface area contributed by atoms with Crippen LogP contribution in [0.5, 0.6) is 0 Å². The van der Waals surface area contributed by atoms with Gasteiger partial charge in [-0.05, 0) is 40.5 Å². The zero-order valence-corrected chi connectivity index (χ0v) is 12.2. The number of ether oxygens (including phenoxy) is 1. The third-order valence-corrected chi connectivity index (χ3v) is 3.91. The Morgan fingerprint density at radius 3 is 3.11 bits per heavy atom. The Balaban J connectivity index is 2.57. The van der Waals surface area contributed by atoms with Crippen LogP contribution in [0.4, 0.5) is 0 Å². The van der Waals surface area contributed by atoms with Crippen molar-refractivity contribution in [3.63, 3.8) is 0 Å². The smallest absolute Gasteiger partial charge is 0.328 e. The molecule has 1 aromatic rings. The van der Waals surface area contributed by atoms with E-state index >= 15 is 0 Å². The van der Waals surface area contributed by atoms with Crippen LogP contribution in [0.25, 0.3) is 10.4 Å². The summed E-state index contributed by atoms with van der Waals surface area (Å²) in [5.74, 6) is -0.326. The summed E-state index contributed by atoms with van der Waals surface area (Å²) in [7, 11) is 1.36. The Morgan fingerprint density at radius 2 is 2.56 bits per heavy atom. The van der Waals surface area contributed by atoms with Crippen molar-refractivity contribution in [2.75, 3.05) is 20.2 Å². The summed E-state index contributed by atoms with van der Waals surface area (Å²) in [6.07, 6.45) is 0.671. The van der Waals surface area contributed by atoms with Gasteiger partial charge in [-0.15, -0.1) is 11.3 Å². The minimum Gasteiger partial charge on any atom is -0.468 e. The summed E-state index contributed by atoms with van der Waals surface area (Å²) < 4.78 is 5.70. The largest absolute Gasteiger partial charge is 0.468 e. The molecule has 0 spiro atoms. The number of hydrogen-bond donors (Lipinski definition) is 1. The number of thiophene rings is 1. The molecule has 1 aromatic heterocycles. The molecule has 0 aliphatic carbocycles.